The summed E-state index contributed by atoms with van der Waals surface area (Å²) in [5.74, 6) is -0.914. The molecule has 1 N–H and O–H groups in total. The van der Waals surface area contributed by atoms with Gasteiger partial charge in [-0.2, -0.15) is 0 Å². The van der Waals surface area contributed by atoms with Crippen molar-refractivity contribution in [1.29, 1.82) is 0 Å². The lowest BCUT2D eigenvalue weighted by Crippen LogP contribution is -2.54. The van der Waals surface area contributed by atoms with Crippen LogP contribution < -0.4 is 10.2 Å². The zero-order valence-corrected chi connectivity index (χ0v) is 19.6. The summed E-state index contributed by atoms with van der Waals surface area (Å²) in [6.07, 6.45) is 1.65. The third-order valence-electron chi connectivity index (χ3n) is 5.91. The lowest BCUT2D eigenvalue weighted by Gasteiger charge is -2.29. The van der Waals surface area contributed by atoms with Crippen LogP contribution in [0.1, 0.15) is 33.6 Å². The summed E-state index contributed by atoms with van der Waals surface area (Å²) >= 11 is 5.32. The van der Waals surface area contributed by atoms with Crippen LogP contribution in [0.2, 0.25) is 0 Å². The van der Waals surface area contributed by atoms with Gasteiger partial charge in [-0.05, 0) is 99.9 Å². The van der Waals surface area contributed by atoms with Gasteiger partial charge in [0.25, 0.3) is 11.8 Å². The first kappa shape index (κ1) is 21.7. The Balaban J connectivity index is 1.76. The summed E-state index contributed by atoms with van der Waals surface area (Å²) in [7, 11) is 0. The van der Waals surface area contributed by atoms with Crippen molar-refractivity contribution in [2.45, 2.75) is 34.6 Å². The van der Waals surface area contributed by atoms with Crippen LogP contribution in [-0.4, -0.2) is 21.5 Å². The Bertz CT molecular complexity index is 1300. The summed E-state index contributed by atoms with van der Waals surface area (Å²) in [5, 5.41) is 2.75. The van der Waals surface area contributed by atoms with E-state index in [2.05, 4.69) is 34.1 Å². The third kappa shape index (κ3) is 3.78. The number of carbonyl (C=O) groups excluding carboxylic acids is 2. The predicted octanol–water partition coefficient (Wildman–Crippen LogP) is 4.85. The van der Waals surface area contributed by atoms with Crippen molar-refractivity contribution in [2.24, 2.45) is 0 Å². The molecule has 6 heteroatoms. The zero-order chi connectivity index (χ0) is 23.2. The Morgan fingerprint density at radius 3 is 2.16 bits per heavy atom. The van der Waals surface area contributed by atoms with Crippen molar-refractivity contribution >= 4 is 40.9 Å². The number of benzene rings is 2. The van der Waals surface area contributed by atoms with E-state index in [0.29, 0.717) is 5.69 Å². The maximum absolute atomic E-state index is 13.4. The highest BCUT2D eigenvalue weighted by Gasteiger charge is 2.34. The Labute approximate surface area is 193 Å². The number of thiocarbonyl (C=S) groups is 1. The van der Waals surface area contributed by atoms with Gasteiger partial charge in [0, 0.05) is 17.1 Å². The lowest BCUT2D eigenvalue weighted by molar-refractivity contribution is -0.122. The molecule has 1 fully saturated rings. The van der Waals surface area contributed by atoms with Crippen LogP contribution in [0.25, 0.3) is 11.8 Å². The van der Waals surface area contributed by atoms with E-state index in [-0.39, 0.29) is 10.7 Å². The highest BCUT2D eigenvalue weighted by molar-refractivity contribution is 7.80. The SMILES string of the molecule is Cc1ccc(-n2c(C)cc(C=C3C(=O)NC(=S)N(c4ccc(C)c(C)c4)C3=O)c2C)cc1. The summed E-state index contributed by atoms with van der Waals surface area (Å²) in [6, 6.07) is 15.9. The van der Waals surface area contributed by atoms with Gasteiger partial charge in [0.2, 0.25) is 0 Å². The number of hydrogen-bond donors (Lipinski definition) is 1. The van der Waals surface area contributed by atoms with E-state index in [1.165, 1.54) is 10.5 Å². The van der Waals surface area contributed by atoms with Crippen LogP contribution in [0.5, 0.6) is 0 Å². The molecule has 0 atom stereocenters. The minimum atomic E-state index is -0.486. The number of aryl methyl sites for hydroxylation is 4. The molecule has 0 unspecified atom stereocenters. The van der Waals surface area contributed by atoms with Crippen LogP contribution in [0.3, 0.4) is 0 Å². The van der Waals surface area contributed by atoms with Gasteiger partial charge in [-0.3, -0.25) is 19.8 Å². The first-order valence-electron chi connectivity index (χ1n) is 10.4. The van der Waals surface area contributed by atoms with E-state index in [9.17, 15) is 9.59 Å². The number of aromatic nitrogens is 1. The topological polar surface area (TPSA) is 54.3 Å². The minimum Gasteiger partial charge on any atom is -0.318 e. The molecule has 1 aromatic heterocycles. The van der Waals surface area contributed by atoms with Gasteiger partial charge < -0.3 is 4.57 Å². The number of nitrogens with one attached hydrogen (secondary N) is 1. The van der Waals surface area contributed by atoms with Crippen molar-refractivity contribution in [2.75, 3.05) is 4.90 Å². The van der Waals surface area contributed by atoms with Crippen LogP contribution in [0, 0.1) is 34.6 Å². The van der Waals surface area contributed by atoms with Gasteiger partial charge in [-0.15, -0.1) is 0 Å². The fourth-order valence-electron chi connectivity index (χ4n) is 3.94. The van der Waals surface area contributed by atoms with Crippen molar-refractivity contribution in [1.82, 2.24) is 9.88 Å². The Morgan fingerprint density at radius 2 is 1.50 bits per heavy atom. The summed E-state index contributed by atoms with van der Waals surface area (Å²) in [4.78, 5) is 27.5. The lowest BCUT2D eigenvalue weighted by atomic mass is 10.1. The molecule has 4 rings (SSSR count). The molecule has 0 aliphatic carbocycles. The molecule has 3 aromatic rings. The molecule has 2 amide bonds. The number of carbonyl (C=O) groups is 2. The molecule has 32 heavy (non-hydrogen) atoms. The second-order valence-electron chi connectivity index (χ2n) is 8.22. The van der Waals surface area contributed by atoms with Gasteiger partial charge in [0.05, 0.1) is 5.69 Å². The number of anilines is 1. The van der Waals surface area contributed by atoms with Crippen LogP contribution in [-0.2, 0) is 9.59 Å². The molecular weight excluding hydrogens is 418 g/mol. The van der Waals surface area contributed by atoms with Crippen LogP contribution in [0.4, 0.5) is 5.69 Å². The van der Waals surface area contributed by atoms with E-state index in [1.54, 1.807) is 6.08 Å². The highest BCUT2D eigenvalue weighted by Crippen LogP contribution is 2.27. The van der Waals surface area contributed by atoms with E-state index in [1.807, 2.05) is 58.9 Å². The maximum atomic E-state index is 13.4. The second kappa shape index (κ2) is 8.20. The van der Waals surface area contributed by atoms with E-state index in [4.69, 9.17) is 12.2 Å². The van der Waals surface area contributed by atoms with Crippen molar-refractivity contribution in [3.05, 3.63) is 87.7 Å². The number of rotatable bonds is 3. The molecule has 1 saturated heterocycles. The average molecular weight is 444 g/mol. The molecule has 0 spiro atoms. The molecule has 2 aromatic carbocycles. The minimum absolute atomic E-state index is 0.0565. The van der Waals surface area contributed by atoms with Gasteiger partial charge >= 0.3 is 0 Å². The number of amides is 2. The third-order valence-corrected chi connectivity index (χ3v) is 6.20. The van der Waals surface area contributed by atoms with Gasteiger partial charge in [-0.25, -0.2) is 0 Å². The van der Waals surface area contributed by atoms with Gasteiger partial charge in [0.15, 0.2) is 5.11 Å². The second-order valence-corrected chi connectivity index (χ2v) is 8.61. The Morgan fingerprint density at radius 1 is 0.844 bits per heavy atom. The zero-order valence-electron chi connectivity index (χ0n) is 18.8. The molecule has 0 saturated carbocycles. The van der Waals surface area contributed by atoms with Gasteiger partial charge in [-0.1, -0.05) is 23.8 Å². The van der Waals surface area contributed by atoms with E-state index >= 15 is 0 Å². The van der Waals surface area contributed by atoms with Gasteiger partial charge in [0.1, 0.15) is 5.57 Å². The monoisotopic (exact) mass is 443 g/mol. The van der Waals surface area contributed by atoms with Crippen molar-refractivity contribution < 1.29 is 9.59 Å². The molecule has 1 aliphatic rings. The average Bonchev–Trinajstić information content (AvgIpc) is 3.01. The van der Waals surface area contributed by atoms with Crippen LogP contribution in [0.15, 0.2) is 54.1 Å². The largest absolute Gasteiger partial charge is 0.318 e. The maximum Gasteiger partial charge on any atom is 0.270 e. The highest BCUT2D eigenvalue weighted by atomic mass is 32.1. The summed E-state index contributed by atoms with van der Waals surface area (Å²) in [6.45, 7) is 10.0. The fraction of sp³-hybridized carbons (Fsp3) is 0.192. The number of hydrogen-bond acceptors (Lipinski definition) is 3. The Hall–Kier alpha value is -3.51. The van der Waals surface area contributed by atoms with E-state index < -0.39 is 11.8 Å². The molecule has 162 valence electrons. The van der Waals surface area contributed by atoms with Crippen molar-refractivity contribution in [3.8, 4) is 5.69 Å². The smallest absolute Gasteiger partial charge is 0.270 e. The quantitative estimate of drug-likeness (QED) is 0.358. The molecule has 0 bridgehead atoms. The first-order valence-corrected chi connectivity index (χ1v) is 10.8. The number of nitrogens with zero attached hydrogens (tertiary/aromatic N) is 2. The van der Waals surface area contributed by atoms with E-state index in [0.717, 1.165) is 33.8 Å². The fourth-order valence-corrected chi connectivity index (χ4v) is 4.22. The summed E-state index contributed by atoms with van der Waals surface area (Å²) in [5.41, 5.74) is 7.86. The Kier molecular flexibility index (Phi) is 5.57. The summed E-state index contributed by atoms with van der Waals surface area (Å²) < 4.78 is 2.11. The van der Waals surface area contributed by atoms with Crippen molar-refractivity contribution in [3.63, 3.8) is 0 Å². The normalized spacial score (nSPS) is 15.5. The first-order chi connectivity index (χ1) is 15.2. The molecule has 1 aliphatic heterocycles. The molecule has 5 nitrogen and oxygen atoms in total. The predicted molar refractivity (Wildman–Crippen MR) is 132 cm³/mol. The molecule has 0 radical (unpaired) electrons. The molecular formula is C26H25N3O2S. The van der Waals surface area contributed by atoms with Crippen LogP contribution >= 0.6 is 12.2 Å². The molecule has 2 heterocycles. The standard InChI is InChI=1S/C26H25N3O2S/c1-15-6-9-21(10-7-15)28-18(4)13-20(19(28)5)14-23-24(30)27-26(32)29(25(23)31)22-11-8-16(2)17(3)12-22/h6-14H,1-5H3,(H,27,30,32).